The van der Waals surface area contributed by atoms with Gasteiger partial charge < -0.3 is 9.53 Å². The molecule has 0 aromatic rings. The summed E-state index contributed by atoms with van der Waals surface area (Å²) < 4.78 is 4.75. The zero-order valence-electron chi connectivity index (χ0n) is 7.46. The molecule has 0 N–H and O–H groups in total. The van der Waals surface area contributed by atoms with Gasteiger partial charge in [-0.15, -0.1) is 0 Å². The molecule has 0 aromatic carbocycles. The third-order valence-corrected chi connectivity index (χ3v) is 1.49. The van der Waals surface area contributed by atoms with Crippen molar-refractivity contribution in [1.29, 1.82) is 0 Å². The summed E-state index contributed by atoms with van der Waals surface area (Å²) in [6, 6.07) is 0. The topological polar surface area (TPSA) is 26.3 Å². The molecule has 2 heteroatoms. The SMILES string of the molecule is CO/C=C/C(C)CCC(C)=O. The summed E-state index contributed by atoms with van der Waals surface area (Å²) in [6.07, 6.45) is 5.19. The molecule has 0 radical (unpaired) electrons. The standard InChI is InChI=1S/C9H16O2/c1-8(6-7-11-3)4-5-9(2)10/h6-8H,4-5H2,1-3H3/b7-6+. The van der Waals surface area contributed by atoms with Crippen molar-refractivity contribution in [2.24, 2.45) is 5.92 Å². The van der Waals surface area contributed by atoms with Gasteiger partial charge in [0.05, 0.1) is 13.4 Å². The summed E-state index contributed by atoms with van der Waals surface area (Å²) in [5.41, 5.74) is 0. The highest BCUT2D eigenvalue weighted by molar-refractivity contribution is 5.75. The minimum Gasteiger partial charge on any atom is -0.505 e. The van der Waals surface area contributed by atoms with Gasteiger partial charge in [0.15, 0.2) is 0 Å². The fourth-order valence-electron chi connectivity index (χ4n) is 0.740. The Morgan fingerprint density at radius 1 is 1.64 bits per heavy atom. The molecule has 64 valence electrons. The highest BCUT2D eigenvalue weighted by Gasteiger charge is 1.98. The predicted molar refractivity (Wildman–Crippen MR) is 45.2 cm³/mol. The summed E-state index contributed by atoms with van der Waals surface area (Å²) in [5.74, 6) is 0.682. The highest BCUT2D eigenvalue weighted by atomic mass is 16.5. The molecule has 0 spiro atoms. The van der Waals surface area contributed by atoms with E-state index in [-0.39, 0.29) is 5.78 Å². The maximum atomic E-state index is 10.6. The van der Waals surface area contributed by atoms with Crippen LogP contribution in [0.2, 0.25) is 0 Å². The van der Waals surface area contributed by atoms with E-state index in [1.54, 1.807) is 20.3 Å². The Labute approximate surface area is 68.2 Å². The highest BCUT2D eigenvalue weighted by Crippen LogP contribution is 2.06. The van der Waals surface area contributed by atoms with Gasteiger partial charge in [0, 0.05) is 6.42 Å². The van der Waals surface area contributed by atoms with Crippen molar-refractivity contribution >= 4 is 5.78 Å². The summed E-state index contributed by atoms with van der Waals surface area (Å²) in [7, 11) is 1.62. The van der Waals surface area contributed by atoms with E-state index in [1.807, 2.05) is 6.08 Å². The van der Waals surface area contributed by atoms with E-state index in [1.165, 1.54) is 0 Å². The molecule has 1 atom stereocenters. The van der Waals surface area contributed by atoms with Crippen LogP contribution in [0.1, 0.15) is 26.7 Å². The van der Waals surface area contributed by atoms with Crippen LogP contribution >= 0.6 is 0 Å². The fraction of sp³-hybridized carbons (Fsp3) is 0.667. The van der Waals surface area contributed by atoms with E-state index in [9.17, 15) is 4.79 Å². The fourth-order valence-corrected chi connectivity index (χ4v) is 0.740. The predicted octanol–water partition coefficient (Wildman–Crippen LogP) is 2.15. The molecule has 0 aliphatic heterocycles. The average molecular weight is 156 g/mol. The molecular formula is C9H16O2. The van der Waals surface area contributed by atoms with Crippen LogP contribution in [-0.2, 0) is 9.53 Å². The first-order valence-electron chi connectivity index (χ1n) is 3.85. The Kier molecular flexibility index (Phi) is 5.53. The zero-order chi connectivity index (χ0) is 8.69. The first kappa shape index (κ1) is 10.2. The van der Waals surface area contributed by atoms with Crippen LogP contribution in [0.25, 0.3) is 0 Å². The second kappa shape index (κ2) is 5.96. The number of carbonyl (C=O) groups is 1. The Bertz CT molecular complexity index is 138. The van der Waals surface area contributed by atoms with E-state index in [2.05, 4.69) is 6.92 Å². The third kappa shape index (κ3) is 7.10. The van der Waals surface area contributed by atoms with Crippen LogP contribution in [0.15, 0.2) is 12.3 Å². The number of hydrogen-bond donors (Lipinski definition) is 0. The van der Waals surface area contributed by atoms with Crippen molar-refractivity contribution in [2.45, 2.75) is 26.7 Å². The molecule has 0 rings (SSSR count). The third-order valence-electron chi connectivity index (χ3n) is 1.49. The van der Waals surface area contributed by atoms with Gasteiger partial charge in [-0.05, 0) is 25.3 Å². The quantitative estimate of drug-likeness (QED) is 0.570. The number of carbonyl (C=O) groups excluding carboxylic acids is 1. The molecule has 0 aliphatic rings. The first-order valence-corrected chi connectivity index (χ1v) is 3.85. The molecule has 1 unspecified atom stereocenters. The van der Waals surface area contributed by atoms with Crippen LogP contribution in [0.3, 0.4) is 0 Å². The Morgan fingerprint density at radius 3 is 2.73 bits per heavy atom. The lowest BCUT2D eigenvalue weighted by Gasteiger charge is -2.02. The lowest BCUT2D eigenvalue weighted by atomic mass is 10.0. The van der Waals surface area contributed by atoms with E-state index < -0.39 is 0 Å². The second-order valence-electron chi connectivity index (χ2n) is 2.78. The number of ether oxygens (including phenoxy) is 1. The largest absolute Gasteiger partial charge is 0.505 e. The molecule has 0 saturated heterocycles. The number of methoxy groups -OCH3 is 1. The summed E-state index contributed by atoms with van der Waals surface area (Å²) in [4.78, 5) is 10.6. The van der Waals surface area contributed by atoms with Crippen molar-refractivity contribution < 1.29 is 9.53 Å². The summed E-state index contributed by atoms with van der Waals surface area (Å²) >= 11 is 0. The van der Waals surface area contributed by atoms with Gasteiger partial charge >= 0.3 is 0 Å². The van der Waals surface area contributed by atoms with E-state index in [0.29, 0.717) is 12.3 Å². The van der Waals surface area contributed by atoms with Gasteiger partial charge in [0.1, 0.15) is 5.78 Å². The lowest BCUT2D eigenvalue weighted by molar-refractivity contribution is -0.117. The first-order chi connectivity index (χ1) is 5.16. The molecule has 11 heavy (non-hydrogen) atoms. The molecule has 0 saturated carbocycles. The summed E-state index contributed by atoms with van der Waals surface area (Å²) in [5, 5.41) is 0. The van der Waals surface area contributed by atoms with Crippen molar-refractivity contribution in [2.75, 3.05) is 7.11 Å². The van der Waals surface area contributed by atoms with Crippen molar-refractivity contribution in [1.82, 2.24) is 0 Å². The van der Waals surface area contributed by atoms with Gasteiger partial charge in [-0.1, -0.05) is 6.92 Å². The number of hydrogen-bond acceptors (Lipinski definition) is 2. The van der Waals surface area contributed by atoms with Crippen LogP contribution in [0, 0.1) is 5.92 Å². The minimum absolute atomic E-state index is 0.252. The maximum Gasteiger partial charge on any atom is 0.129 e. The molecule has 0 aromatic heterocycles. The monoisotopic (exact) mass is 156 g/mol. The van der Waals surface area contributed by atoms with Gasteiger partial charge in [-0.2, -0.15) is 0 Å². The molecule has 0 heterocycles. The number of ketones is 1. The number of rotatable bonds is 5. The van der Waals surface area contributed by atoms with Crippen LogP contribution in [0.4, 0.5) is 0 Å². The van der Waals surface area contributed by atoms with Gasteiger partial charge in [0.25, 0.3) is 0 Å². The van der Waals surface area contributed by atoms with Crippen LogP contribution in [0.5, 0.6) is 0 Å². The van der Waals surface area contributed by atoms with Crippen molar-refractivity contribution in [3.05, 3.63) is 12.3 Å². The smallest absolute Gasteiger partial charge is 0.129 e. The number of allylic oxidation sites excluding steroid dienone is 1. The van der Waals surface area contributed by atoms with Crippen LogP contribution in [-0.4, -0.2) is 12.9 Å². The van der Waals surface area contributed by atoms with Gasteiger partial charge in [0.2, 0.25) is 0 Å². The Morgan fingerprint density at radius 2 is 2.27 bits per heavy atom. The Hall–Kier alpha value is -0.790. The Balaban J connectivity index is 3.44. The van der Waals surface area contributed by atoms with E-state index in [0.717, 1.165) is 6.42 Å². The summed E-state index contributed by atoms with van der Waals surface area (Å²) in [6.45, 7) is 3.69. The lowest BCUT2D eigenvalue weighted by Crippen LogP contribution is -1.95. The van der Waals surface area contributed by atoms with E-state index in [4.69, 9.17) is 4.74 Å². The second-order valence-corrected chi connectivity index (χ2v) is 2.78. The molecular weight excluding hydrogens is 140 g/mol. The number of Topliss-reactive ketones (excluding diaryl/α,β-unsaturated/α-hetero) is 1. The minimum atomic E-state index is 0.252. The normalized spacial score (nSPS) is 13.4. The van der Waals surface area contributed by atoms with Gasteiger partial charge in [-0.3, -0.25) is 0 Å². The van der Waals surface area contributed by atoms with E-state index >= 15 is 0 Å². The molecule has 0 aliphatic carbocycles. The molecule has 0 bridgehead atoms. The zero-order valence-corrected chi connectivity index (χ0v) is 7.46. The van der Waals surface area contributed by atoms with Crippen LogP contribution < -0.4 is 0 Å². The average Bonchev–Trinajstić information content (AvgIpc) is 1.97. The van der Waals surface area contributed by atoms with Crippen molar-refractivity contribution in [3.8, 4) is 0 Å². The molecule has 0 fully saturated rings. The molecule has 0 amide bonds. The molecule has 2 nitrogen and oxygen atoms in total. The van der Waals surface area contributed by atoms with Crippen molar-refractivity contribution in [3.63, 3.8) is 0 Å². The maximum absolute atomic E-state index is 10.6. The van der Waals surface area contributed by atoms with Gasteiger partial charge in [-0.25, -0.2) is 0 Å².